The smallest absolute Gasteiger partial charge is 0.282 e. The van der Waals surface area contributed by atoms with E-state index in [2.05, 4.69) is 37.3 Å². The Balaban J connectivity index is 2.04. The van der Waals surface area contributed by atoms with Gasteiger partial charge in [0.15, 0.2) is 11.5 Å². The first-order valence-corrected chi connectivity index (χ1v) is 9.67. The molecule has 1 heterocycles. The van der Waals surface area contributed by atoms with Crippen molar-refractivity contribution >= 4 is 55.4 Å². The first-order chi connectivity index (χ1) is 13.0. The number of methoxy groups -OCH3 is 1. The van der Waals surface area contributed by atoms with Crippen molar-refractivity contribution in [2.75, 3.05) is 18.7 Å². The lowest BCUT2D eigenvalue weighted by Gasteiger charge is -2.15. The molecule has 2 amide bonds. The lowest BCUT2D eigenvalue weighted by molar-refractivity contribution is -0.117. The van der Waals surface area contributed by atoms with Crippen LogP contribution >= 0.6 is 31.9 Å². The van der Waals surface area contributed by atoms with Gasteiger partial charge in [0.25, 0.3) is 11.8 Å². The largest absolute Gasteiger partial charge is 0.492 e. The Morgan fingerprint density at radius 3 is 2.48 bits per heavy atom. The number of halogens is 2. The zero-order valence-electron chi connectivity index (χ0n) is 14.6. The van der Waals surface area contributed by atoms with E-state index in [1.165, 1.54) is 11.1 Å². The third-order valence-electron chi connectivity index (χ3n) is 3.87. The minimum Gasteiger partial charge on any atom is -0.492 e. The molecule has 1 aliphatic rings. The number of rotatable bonds is 5. The van der Waals surface area contributed by atoms with Crippen molar-refractivity contribution in [1.82, 2.24) is 5.43 Å². The molecule has 1 aliphatic heterocycles. The Bertz CT molecular complexity index is 929. The first kappa shape index (κ1) is 19.4. The second-order valence-electron chi connectivity index (χ2n) is 5.53. The van der Waals surface area contributed by atoms with Crippen molar-refractivity contribution in [3.05, 3.63) is 56.5 Å². The number of carbonyl (C=O) groups excluding carboxylic acids is 2. The van der Waals surface area contributed by atoms with Crippen LogP contribution in [0.25, 0.3) is 6.08 Å². The monoisotopic (exact) mass is 494 g/mol. The maximum atomic E-state index is 12.7. The molecule has 6 nitrogen and oxygen atoms in total. The molecular weight excluding hydrogens is 480 g/mol. The minimum absolute atomic E-state index is 0.0269. The van der Waals surface area contributed by atoms with E-state index in [0.717, 1.165) is 0 Å². The fraction of sp³-hybridized carbons (Fsp3) is 0.158. The molecule has 1 N–H and O–H groups in total. The van der Waals surface area contributed by atoms with Crippen molar-refractivity contribution in [3.8, 4) is 11.5 Å². The molecule has 140 valence electrons. The lowest BCUT2D eigenvalue weighted by atomic mass is 10.1. The van der Waals surface area contributed by atoms with Crippen molar-refractivity contribution in [2.45, 2.75) is 6.92 Å². The number of benzene rings is 2. The molecule has 0 aliphatic carbocycles. The number of nitrogens with zero attached hydrogens (tertiary/aromatic N) is 1. The molecule has 2 aromatic carbocycles. The third-order valence-corrected chi connectivity index (χ3v) is 6.01. The van der Waals surface area contributed by atoms with Gasteiger partial charge >= 0.3 is 0 Å². The molecule has 0 radical (unpaired) electrons. The number of hydrogen-bond acceptors (Lipinski definition) is 4. The summed E-state index contributed by atoms with van der Waals surface area (Å²) in [7, 11) is 1.54. The number of carbonyl (C=O) groups is 2. The topological polar surface area (TPSA) is 67.9 Å². The molecule has 1 fully saturated rings. The van der Waals surface area contributed by atoms with Gasteiger partial charge in [0, 0.05) is 4.47 Å². The normalized spacial score (nSPS) is 15.3. The van der Waals surface area contributed by atoms with E-state index in [-0.39, 0.29) is 5.57 Å². The summed E-state index contributed by atoms with van der Waals surface area (Å²) in [5.41, 5.74) is 3.81. The zero-order chi connectivity index (χ0) is 19.6. The Morgan fingerprint density at radius 1 is 1.15 bits per heavy atom. The van der Waals surface area contributed by atoms with Crippen LogP contribution in [0.5, 0.6) is 11.5 Å². The van der Waals surface area contributed by atoms with E-state index in [9.17, 15) is 9.59 Å². The van der Waals surface area contributed by atoms with Crippen molar-refractivity contribution in [1.29, 1.82) is 0 Å². The Kier molecular flexibility index (Phi) is 5.86. The maximum Gasteiger partial charge on any atom is 0.282 e. The number of nitrogens with one attached hydrogen (secondary N) is 1. The highest BCUT2D eigenvalue weighted by atomic mass is 79.9. The zero-order valence-corrected chi connectivity index (χ0v) is 17.8. The highest BCUT2D eigenvalue weighted by Crippen LogP contribution is 2.43. The first-order valence-electron chi connectivity index (χ1n) is 8.08. The number of ether oxygens (including phenoxy) is 2. The van der Waals surface area contributed by atoms with E-state index in [0.29, 0.717) is 38.3 Å². The molecule has 0 aromatic heterocycles. The highest BCUT2D eigenvalue weighted by molar-refractivity contribution is 9.13. The predicted molar refractivity (Wildman–Crippen MR) is 110 cm³/mol. The van der Waals surface area contributed by atoms with E-state index in [1.54, 1.807) is 37.4 Å². The summed E-state index contributed by atoms with van der Waals surface area (Å²) >= 11 is 6.94. The quantitative estimate of drug-likeness (QED) is 0.501. The van der Waals surface area contributed by atoms with Gasteiger partial charge < -0.3 is 9.47 Å². The number of amides is 2. The van der Waals surface area contributed by atoms with Gasteiger partial charge in [0.1, 0.15) is 5.57 Å². The number of para-hydroxylation sites is 1. The van der Waals surface area contributed by atoms with Crippen LogP contribution in [0.15, 0.2) is 50.9 Å². The van der Waals surface area contributed by atoms with Crippen LogP contribution in [0.1, 0.15) is 12.5 Å². The number of hydrazine groups is 1. The molecule has 27 heavy (non-hydrogen) atoms. The minimum atomic E-state index is -0.472. The van der Waals surface area contributed by atoms with Crippen LogP contribution < -0.4 is 19.9 Å². The number of hydrogen-bond donors (Lipinski definition) is 1. The van der Waals surface area contributed by atoms with Crippen LogP contribution in [0.3, 0.4) is 0 Å². The van der Waals surface area contributed by atoms with E-state index < -0.39 is 11.8 Å². The van der Waals surface area contributed by atoms with Gasteiger partial charge in [0.2, 0.25) is 0 Å². The third kappa shape index (κ3) is 3.72. The lowest BCUT2D eigenvalue weighted by Crippen LogP contribution is -2.35. The van der Waals surface area contributed by atoms with Crippen LogP contribution in [-0.4, -0.2) is 25.5 Å². The molecule has 0 bridgehead atoms. The van der Waals surface area contributed by atoms with Gasteiger partial charge in [-0.3, -0.25) is 15.0 Å². The molecule has 0 saturated carbocycles. The predicted octanol–water partition coefficient (Wildman–Crippen LogP) is 4.08. The molecule has 1 saturated heterocycles. The summed E-state index contributed by atoms with van der Waals surface area (Å²) in [4.78, 5) is 25.1. The van der Waals surface area contributed by atoms with Crippen molar-refractivity contribution in [3.63, 3.8) is 0 Å². The summed E-state index contributed by atoms with van der Waals surface area (Å²) in [5.74, 6) is 0.135. The van der Waals surface area contributed by atoms with Gasteiger partial charge in [-0.2, -0.15) is 0 Å². The Hall–Kier alpha value is -2.32. The van der Waals surface area contributed by atoms with Gasteiger partial charge in [-0.1, -0.05) is 18.2 Å². The van der Waals surface area contributed by atoms with Crippen LogP contribution in [0.4, 0.5) is 5.69 Å². The fourth-order valence-corrected chi connectivity index (χ4v) is 3.63. The van der Waals surface area contributed by atoms with Crippen molar-refractivity contribution < 1.29 is 19.1 Å². The Labute approximate surface area is 173 Å². The summed E-state index contributed by atoms with van der Waals surface area (Å²) in [6, 6.07) is 10.6. The molecule has 0 spiro atoms. The molecule has 0 unspecified atom stereocenters. The Morgan fingerprint density at radius 2 is 1.85 bits per heavy atom. The fourth-order valence-electron chi connectivity index (χ4n) is 2.63. The summed E-state index contributed by atoms with van der Waals surface area (Å²) in [6.45, 7) is 2.31. The standard InChI is InChI=1S/C19H16Br2N2O4/c1-3-27-14-10-11(15(20)16(21)17(14)26-2)9-13-18(24)22-23(19(13)25)12-7-5-4-6-8-12/h4-10H,3H2,1-2H3,(H,22,24). The van der Waals surface area contributed by atoms with Gasteiger partial charge in [-0.05, 0) is 68.6 Å². The molecular formula is C19H16Br2N2O4. The summed E-state index contributed by atoms with van der Waals surface area (Å²) in [6.07, 6.45) is 1.53. The SMILES string of the molecule is CCOc1cc(C=C2C(=O)NN(c3ccccc3)C2=O)c(Br)c(Br)c1OC. The van der Waals surface area contributed by atoms with E-state index >= 15 is 0 Å². The van der Waals surface area contributed by atoms with Gasteiger partial charge in [-0.25, -0.2) is 5.01 Å². The molecule has 0 atom stereocenters. The van der Waals surface area contributed by atoms with Crippen LogP contribution in [0, 0.1) is 0 Å². The second kappa shape index (κ2) is 8.14. The van der Waals surface area contributed by atoms with Crippen molar-refractivity contribution in [2.24, 2.45) is 0 Å². The van der Waals surface area contributed by atoms with Gasteiger partial charge in [-0.15, -0.1) is 0 Å². The molecule has 3 rings (SSSR count). The summed E-state index contributed by atoms with van der Waals surface area (Å²) < 4.78 is 12.3. The second-order valence-corrected chi connectivity index (χ2v) is 7.12. The summed E-state index contributed by atoms with van der Waals surface area (Å²) in [5, 5.41) is 1.23. The van der Waals surface area contributed by atoms with Gasteiger partial charge in [0.05, 0.1) is 23.9 Å². The van der Waals surface area contributed by atoms with E-state index in [1.807, 2.05) is 13.0 Å². The van der Waals surface area contributed by atoms with E-state index in [4.69, 9.17) is 9.47 Å². The average Bonchev–Trinajstić information content (AvgIpc) is 2.95. The maximum absolute atomic E-state index is 12.7. The average molecular weight is 496 g/mol. The molecule has 2 aromatic rings. The molecule has 8 heteroatoms. The number of anilines is 1. The highest BCUT2D eigenvalue weighted by Gasteiger charge is 2.34. The van der Waals surface area contributed by atoms with Crippen LogP contribution in [-0.2, 0) is 9.59 Å². The van der Waals surface area contributed by atoms with Crippen LogP contribution in [0.2, 0.25) is 0 Å².